The second-order valence-corrected chi connectivity index (χ2v) is 6.87. The molecule has 0 aromatic heterocycles. The molecule has 3 amide bonds. The molecule has 0 bridgehead atoms. The summed E-state index contributed by atoms with van der Waals surface area (Å²) in [7, 11) is 0. The molecule has 2 unspecified atom stereocenters. The maximum atomic E-state index is 12.2. The van der Waals surface area contributed by atoms with Crippen molar-refractivity contribution in [1.29, 1.82) is 0 Å². The van der Waals surface area contributed by atoms with Crippen LogP contribution in [0.2, 0.25) is 0 Å². The summed E-state index contributed by atoms with van der Waals surface area (Å²) in [6.45, 7) is 0.294. The van der Waals surface area contributed by atoms with Crippen LogP contribution in [-0.2, 0) is 14.4 Å². The summed E-state index contributed by atoms with van der Waals surface area (Å²) in [4.78, 5) is 36.2. The number of hydrogen-bond donors (Lipinski definition) is 2. The molecule has 2 aliphatic rings. The molecule has 6 heteroatoms. The molecule has 0 spiro atoms. The number of nitrogens with one attached hydrogen (secondary N) is 1. The molecule has 1 heterocycles. The maximum absolute atomic E-state index is 12.2. The Labute approximate surface area is 143 Å². The lowest BCUT2D eigenvalue weighted by Gasteiger charge is -2.24. The first-order chi connectivity index (χ1) is 11.6. The van der Waals surface area contributed by atoms with Crippen molar-refractivity contribution in [3.05, 3.63) is 12.2 Å². The van der Waals surface area contributed by atoms with Gasteiger partial charge in [0.05, 0.1) is 0 Å². The van der Waals surface area contributed by atoms with Gasteiger partial charge >= 0.3 is 0 Å². The smallest absolute Gasteiger partial charge is 0.253 e. The molecule has 2 rings (SSSR count). The summed E-state index contributed by atoms with van der Waals surface area (Å²) < 4.78 is 0. The molecule has 24 heavy (non-hydrogen) atoms. The summed E-state index contributed by atoms with van der Waals surface area (Å²) in [5, 5.41) is 3.09. The molecule has 1 saturated carbocycles. The molecular formula is C18H29N3O3. The van der Waals surface area contributed by atoms with Gasteiger partial charge in [0.25, 0.3) is 11.8 Å². The van der Waals surface area contributed by atoms with Crippen LogP contribution < -0.4 is 11.1 Å². The van der Waals surface area contributed by atoms with Gasteiger partial charge in [-0.15, -0.1) is 0 Å². The zero-order chi connectivity index (χ0) is 17.4. The molecule has 0 radical (unpaired) electrons. The van der Waals surface area contributed by atoms with E-state index in [0.29, 0.717) is 19.4 Å². The first-order valence-electron chi connectivity index (χ1n) is 9.15. The number of carbonyl (C=O) groups is 3. The number of imide groups is 1. The summed E-state index contributed by atoms with van der Waals surface area (Å²) in [5.74, 6) is -0.603. The van der Waals surface area contributed by atoms with Crippen LogP contribution >= 0.6 is 0 Å². The number of nitrogens with two attached hydrogens (primary N) is 1. The van der Waals surface area contributed by atoms with Crippen LogP contribution in [-0.4, -0.2) is 41.2 Å². The highest BCUT2D eigenvalue weighted by Gasteiger charge is 2.23. The van der Waals surface area contributed by atoms with E-state index in [1.54, 1.807) is 0 Å². The van der Waals surface area contributed by atoms with Gasteiger partial charge in [-0.3, -0.25) is 19.3 Å². The average Bonchev–Trinajstić information content (AvgIpc) is 2.85. The zero-order valence-electron chi connectivity index (χ0n) is 14.3. The maximum Gasteiger partial charge on any atom is 0.253 e. The van der Waals surface area contributed by atoms with E-state index < -0.39 is 0 Å². The average molecular weight is 335 g/mol. The minimum absolute atomic E-state index is 0.0173. The third kappa shape index (κ3) is 6.07. The van der Waals surface area contributed by atoms with Gasteiger partial charge in [-0.2, -0.15) is 0 Å². The Hall–Kier alpha value is -1.69. The van der Waals surface area contributed by atoms with Crippen molar-refractivity contribution >= 4 is 17.7 Å². The number of rotatable bonds is 5. The van der Waals surface area contributed by atoms with Gasteiger partial charge in [0.15, 0.2) is 0 Å². The van der Waals surface area contributed by atoms with Crippen molar-refractivity contribution in [2.45, 2.75) is 76.3 Å². The van der Waals surface area contributed by atoms with Crippen LogP contribution in [0.15, 0.2) is 12.2 Å². The number of carbonyl (C=O) groups excluding carboxylic acids is 3. The Bertz CT molecular complexity index is 472. The molecule has 0 saturated heterocycles. The highest BCUT2D eigenvalue weighted by molar-refractivity contribution is 6.12. The van der Waals surface area contributed by atoms with Crippen molar-refractivity contribution in [3.63, 3.8) is 0 Å². The van der Waals surface area contributed by atoms with Crippen LogP contribution in [0.4, 0.5) is 0 Å². The van der Waals surface area contributed by atoms with Gasteiger partial charge in [0, 0.05) is 37.2 Å². The van der Waals surface area contributed by atoms with Gasteiger partial charge in [0.2, 0.25) is 5.91 Å². The van der Waals surface area contributed by atoms with Crippen molar-refractivity contribution in [2.75, 3.05) is 6.54 Å². The SMILES string of the molecule is NC1CCCCCCCC(NC(=O)CCCN2C(=O)C=CC2=O)C1. The number of nitrogens with zero attached hydrogens (tertiary/aromatic N) is 1. The van der Waals surface area contributed by atoms with Crippen LogP contribution in [0.5, 0.6) is 0 Å². The Kier molecular flexibility index (Phi) is 7.43. The normalized spacial score (nSPS) is 25.8. The highest BCUT2D eigenvalue weighted by atomic mass is 16.2. The van der Waals surface area contributed by atoms with Crippen molar-refractivity contribution < 1.29 is 14.4 Å². The predicted molar refractivity (Wildman–Crippen MR) is 91.9 cm³/mol. The third-order valence-corrected chi connectivity index (χ3v) is 4.77. The minimum Gasteiger partial charge on any atom is -0.353 e. The van der Waals surface area contributed by atoms with E-state index in [2.05, 4.69) is 5.32 Å². The number of hydrogen-bond acceptors (Lipinski definition) is 4. The van der Waals surface area contributed by atoms with Crippen molar-refractivity contribution in [1.82, 2.24) is 10.2 Å². The first-order valence-corrected chi connectivity index (χ1v) is 9.15. The Morgan fingerprint density at radius 3 is 2.42 bits per heavy atom. The first kappa shape index (κ1) is 18.6. The van der Waals surface area contributed by atoms with Crippen LogP contribution in [0.25, 0.3) is 0 Å². The molecule has 2 atom stereocenters. The molecule has 0 aromatic carbocycles. The van der Waals surface area contributed by atoms with E-state index in [1.807, 2.05) is 0 Å². The van der Waals surface area contributed by atoms with Gasteiger partial charge < -0.3 is 11.1 Å². The fourth-order valence-corrected chi connectivity index (χ4v) is 3.41. The van der Waals surface area contributed by atoms with Crippen LogP contribution in [0.1, 0.15) is 64.2 Å². The predicted octanol–water partition coefficient (Wildman–Crippen LogP) is 1.64. The van der Waals surface area contributed by atoms with E-state index in [0.717, 1.165) is 25.7 Å². The van der Waals surface area contributed by atoms with Crippen molar-refractivity contribution in [3.8, 4) is 0 Å². The fourth-order valence-electron chi connectivity index (χ4n) is 3.41. The molecule has 3 N–H and O–H groups in total. The fraction of sp³-hybridized carbons (Fsp3) is 0.722. The van der Waals surface area contributed by atoms with Crippen LogP contribution in [0, 0.1) is 0 Å². The lowest BCUT2D eigenvalue weighted by Crippen LogP contribution is -2.40. The van der Waals surface area contributed by atoms with Gasteiger partial charge in [-0.25, -0.2) is 0 Å². The minimum atomic E-state index is -0.293. The second kappa shape index (κ2) is 9.57. The van der Waals surface area contributed by atoms with E-state index in [4.69, 9.17) is 5.73 Å². The summed E-state index contributed by atoms with van der Waals surface area (Å²) in [6.07, 6.45) is 12.2. The van der Waals surface area contributed by atoms with Crippen molar-refractivity contribution in [2.24, 2.45) is 5.73 Å². The standard InChI is InChI=1S/C18H29N3O3/c19-14-7-4-2-1-3-5-8-15(13-14)20-16(22)9-6-12-21-17(23)10-11-18(21)24/h10-11,14-15H,1-9,12-13,19H2,(H,20,22). The van der Waals surface area contributed by atoms with E-state index in [-0.39, 0.29) is 29.8 Å². The lowest BCUT2D eigenvalue weighted by atomic mass is 9.94. The topological polar surface area (TPSA) is 92.5 Å². The third-order valence-electron chi connectivity index (χ3n) is 4.77. The molecule has 0 aromatic rings. The molecule has 6 nitrogen and oxygen atoms in total. The zero-order valence-corrected chi connectivity index (χ0v) is 14.3. The summed E-state index contributed by atoms with van der Waals surface area (Å²) >= 11 is 0. The molecule has 134 valence electrons. The molecular weight excluding hydrogens is 306 g/mol. The summed E-state index contributed by atoms with van der Waals surface area (Å²) in [5.41, 5.74) is 6.16. The Morgan fingerprint density at radius 2 is 1.71 bits per heavy atom. The van der Waals surface area contributed by atoms with Gasteiger partial charge in [0.1, 0.15) is 0 Å². The summed E-state index contributed by atoms with van der Waals surface area (Å²) in [6, 6.07) is 0.293. The molecule has 1 aliphatic heterocycles. The van der Waals surface area contributed by atoms with E-state index in [1.165, 1.54) is 42.7 Å². The van der Waals surface area contributed by atoms with E-state index >= 15 is 0 Å². The number of amides is 3. The monoisotopic (exact) mass is 335 g/mol. The van der Waals surface area contributed by atoms with E-state index in [9.17, 15) is 14.4 Å². The molecule has 1 aliphatic carbocycles. The quantitative estimate of drug-likeness (QED) is 0.747. The highest BCUT2D eigenvalue weighted by Crippen LogP contribution is 2.17. The Morgan fingerprint density at radius 1 is 1.08 bits per heavy atom. The Balaban J connectivity index is 1.71. The van der Waals surface area contributed by atoms with Crippen LogP contribution in [0.3, 0.4) is 0 Å². The molecule has 1 fully saturated rings. The van der Waals surface area contributed by atoms with Gasteiger partial charge in [-0.05, 0) is 25.7 Å². The van der Waals surface area contributed by atoms with Gasteiger partial charge in [-0.1, -0.05) is 32.1 Å². The lowest BCUT2D eigenvalue weighted by molar-refractivity contribution is -0.137. The second-order valence-electron chi connectivity index (χ2n) is 6.87. The largest absolute Gasteiger partial charge is 0.353 e.